The number of nitrogens with one attached hydrogen (secondary N) is 2. The van der Waals surface area contributed by atoms with Gasteiger partial charge in [-0.1, -0.05) is 0 Å². The first-order valence-electron chi connectivity index (χ1n) is 2.67. The van der Waals surface area contributed by atoms with Gasteiger partial charge in [-0.3, -0.25) is 10.1 Å². The van der Waals surface area contributed by atoms with Crippen molar-refractivity contribution in [3.63, 3.8) is 0 Å². The lowest BCUT2D eigenvalue weighted by molar-refractivity contribution is -0.138. The van der Waals surface area contributed by atoms with E-state index in [-0.39, 0.29) is 5.48 Å². The van der Waals surface area contributed by atoms with Crippen LogP contribution in [0.25, 0.3) is 0 Å². The van der Waals surface area contributed by atoms with Gasteiger partial charge in [-0.05, 0) is 12.3 Å². The minimum absolute atomic E-state index is 0. The van der Waals surface area contributed by atoms with E-state index in [0.29, 0.717) is 6.67 Å². The lowest BCUT2D eigenvalue weighted by atomic mass is 10.3. The number of aliphatic carboxylic acids is 1. The topological polar surface area (TPSA) is 92.9 Å². The monoisotopic (exact) mass is 146 g/mol. The standard InChI is InChI=1S/C5H8N2O2.H2O/c8-5(9)4-1-2-6-3-7-4;/h1-2,4,6-7H,3H2,(H,8,9);1H2. The van der Waals surface area contributed by atoms with Gasteiger partial charge in [0.15, 0.2) is 0 Å². The first kappa shape index (κ1) is 8.93. The third-order valence-corrected chi connectivity index (χ3v) is 1.10. The summed E-state index contributed by atoms with van der Waals surface area (Å²) in [5, 5.41) is 13.9. The zero-order valence-corrected chi connectivity index (χ0v) is 5.29. The molecule has 5 nitrogen and oxygen atoms in total. The van der Waals surface area contributed by atoms with Crippen LogP contribution >= 0.6 is 0 Å². The summed E-state index contributed by atoms with van der Waals surface area (Å²) in [5.41, 5.74) is 0. The van der Waals surface area contributed by atoms with Crippen molar-refractivity contribution in [2.75, 3.05) is 6.67 Å². The first-order valence-corrected chi connectivity index (χ1v) is 2.67. The number of hydrogen-bond acceptors (Lipinski definition) is 3. The van der Waals surface area contributed by atoms with Crippen LogP contribution in [0.2, 0.25) is 0 Å². The zero-order chi connectivity index (χ0) is 6.69. The second kappa shape index (κ2) is 3.86. The predicted octanol–water partition coefficient (Wildman–Crippen LogP) is -1.72. The van der Waals surface area contributed by atoms with Crippen LogP contribution in [0.15, 0.2) is 12.3 Å². The van der Waals surface area contributed by atoms with E-state index in [1.54, 1.807) is 12.3 Å². The Bertz CT molecular complexity index is 146. The molecule has 0 bridgehead atoms. The molecule has 0 aliphatic carbocycles. The molecule has 1 unspecified atom stereocenters. The maximum Gasteiger partial charge on any atom is 0.324 e. The lowest BCUT2D eigenvalue weighted by Gasteiger charge is -2.14. The molecule has 1 heterocycles. The van der Waals surface area contributed by atoms with Gasteiger partial charge in [0.05, 0.1) is 6.67 Å². The van der Waals surface area contributed by atoms with Crippen molar-refractivity contribution in [3.8, 4) is 0 Å². The fourth-order valence-electron chi connectivity index (χ4n) is 0.630. The maximum atomic E-state index is 10.2. The van der Waals surface area contributed by atoms with Gasteiger partial charge in [0.25, 0.3) is 0 Å². The molecule has 0 aromatic rings. The molecule has 1 aliphatic rings. The highest BCUT2D eigenvalue weighted by Gasteiger charge is 2.13. The van der Waals surface area contributed by atoms with Gasteiger partial charge in [0.2, 0.25) is 0 Å². The summed E-state index contributed by atoms with van der Waals surface area (Å²) < 4.78 is 0. The predicted molar refractivity (Wildman–Crippen MR) is 35.3 cm³/mol. The molecule has 1 rings (SSSR count). The smallest absolute Gasteiger partial charge is 0.324 e. The van der Waals surface area contributed by atoms with Crippen molar-refractivity contribution >= 4 is 5.97 Å². The van der Waals surface area contributed by atoms with E-state index in [1.165, 1.54) is 0 Å². The average molecular weight is 146 g/mol. The van der Waals surface area contributed by atoms with Crippen LogP contribution in [-0.2, 0) is 4.79 Å². The van der Waals surface area contributed by atoms with E-state index < -0.39 is 12.0 Å². The summed E-state index contributed by atoms with van der Waals surface area (Å²) in [5.74, 6) is -0.840. The zero-order valence-electron chi connectivity index (χ0n) is 5.29. The minimum atomic E-state index is -0.840. The molecule has 0 radical (unpaired) electrons. The summed E-state index contributed by atoms with van der Waals surface area (Å²) in [4.78, 5) is 10.2. The number of carbonyl (C=O) groups is 1. The Labute approximate surface area is 58.0 Å². The van der Waals surface area contributed by atoms with Crippen molar-refractivity contribution in [2.24, 2.45) is 0 Å². The van der Waals surface area contributed by atoms with E-state index in [9.17, 15) is 4.79 Å². The number of rotatable bonds is 1. The molecule has 0 fully saturated rings. The molecule has 10 heavy (non-hydrogen) atoms. The normalized spacial score (nSPS) is 22.6. The Kier molecular flexibility index (Phi) is 3.45. The van der Waals surface area contributed by atoms with Gasteiger partial charge < -0.3 is 15.9 Å². The first-order chi connectivity index (χ1) is 4.30. The average Bonchev–Trinajstić information content (AvgIpc) is 1.90. The quantitative estimate of drug-likeness (QED) is 0.410. The molecule has 0 aromatic carbocycles. The Morgan fingerprint density at radius 3 is 2.70 bits per heavy atom. The highest BCUT2D eigenvalue weighted by molar-refractivity contribution is 5.75. The summed E-state index contributed by atoms with van der Waals surface area (Å²) in [6.07, 6.45) is 3.20. The van der Waals surface area contributed by atoms with Crippen LogP contribution in [-0.4, -0.2) is 29.3 Å². The molecule has 5 N–H and O–H groups in total. The molecule has 0 saturated heterocycles. The van der Waals surface area contributed by atoms with Crippen molar-refractivity contribution in [1.29, 1.82) is 0 Å². The van der Waals surface area contributed by atoms with Crippen LogP contribution in [0.5, 0.6) is 0 Å². The summed E-state index contributed by atoms with van der Waals surface area (Å²) >= 11 is 0. The third-order valence-electron chi connectivity index (χ3n) is 1.10. The number of carboxylic acids is 1. The molecule has 5 heteroatoms. The maximum absolute atomic E-state index is 10.2. The molecule has 0 spiro atoms. The molecule has 1 atom stereocenters. The molecule has 58 valence electrons. The van der Waals surface area contributed by atoms with Crippen LogP contribution in [0.4, 0.5) is 0 Å². The van der Waals surface area contributed by atoms with Gasteiger partial charge in [-0.2, -0.15) is 0 Å². The summed E-state index contributed by atoms with van der Waals surface area (Å²) in [7, 11) is 0. The lowest BCUT2D eigenvalue weighted by Crippen LogP contribution is -2.42. The summed E-state index contributed by atoms with van der Waals surface area (Å²) in [6.45, 7) is 0.521. The van der Waals surface area contributed by atoms with E-state index >= 15 is 0 Å². The third kappa shape index (κ3) is 2.04. The van der Waals surface area contributed by atoms with Gasteiger partial charge in [-0.15, -0.1) is 0 Å². The van der Waals surface area contributed by atoms with E-state index in [0.717, 1.165) is 0 Å². The molecular formula is C5H10N2O3. The van der Waals surface area contributed by atoms with Gasteiger partial charge in [0.1, 0.15) is 6.04 Å². The van der Waals surface area contributed by atoms with Crippen LogP contribution < -0.4 is 10.6 Å². The van der Waals surface area contributed by atoms with Crippen LogP contribution in [0, 0.1) is 0 Å². The largest absolute Gasteiger partial charge is 0.480 e. The van der Waals surface area contributed by atoms with Crippen molar-refractivity contribution in [3.05, 3.63) is 12.3 Å². The Morgan fingerprint density at radius 1 is 1.70 bits per heavy atom. The summed E-state index contributed by atoms with van der Waals surface area (Å²) in [6, 6.07) is -0.522. The number of hydrogen-bond donors (Lipinski definition) is 3. The molecule has 0 aromatic heterocycles. The molecule has 0 saturated carbocycles. The molecule has 0 amide bonds. The minimum Gasteiger partial charge on any atom is -0.480 e. The second-order valence-electron chi connectivity index (χ2n) is 1.76. The van der Waals surface area contributed by atoms with Gasteiger partial charge >= 0.3 is 5.97 Å². The van der Waals surface area contributed by atoms with Crippen molar-refractivity contribution in [1.82, 2.24) is 10.6 Å². The van der Waals surface area contributed by atoms with Crippen molar-refractivity contribution in [2.45, 2.75) is 6.04 Å². The van der Waals surface area contributed by atoms with Crippen molar-refractivity contribution < 1.29 is 15.4 Å². The van der Waals surface area contributed by atoms with Crippen LogP contribution in [0.1, 0.15) is 0 Å². The highest BCUT2D eigenvalue weighted by atomic mass is 16.4. The molecule has 1 aliphatic heterocycles. The number of carboxylic acid groups (broad SMARTS) is 1. The Balaban J connectivity index is 0.000000810. The highest BCUT2D eigenvalue weighted by Crippen LogP contribution is 1.88. The van der Waals surface area contributed by atoms with Gasteiger partial charge in [0, 0.05) is 0 Å². The second-order valence-corrected chi connectivity index (χ2v) is 1.76. The van der Waals surface area contributed by atoms with Gasteiger partial charge in [-0.25, -0.2) is 0 Å². The Hall–Kier alpha value is -1.07. The van der Waals surface area contributed by atoms with E-state index in [4.69, 9.17) is 5.11 Å². The van der Waals surface area contributed by atoms with E-state index in [2.05, 4.69) is 10.6 Å². The fraction of sp³-hybridized carbons (Fsp3) is 0.400. The Morgan fingerprint density at radius 2 is 2.40 bits per heavy atom. The fourth-order valence-corrected chi connectivity index (χ4v) is 0.630. The molecular weight excluding hydrogens is 136 g/mol. The van der Waals surface area contributed by atoms with E-state index in [1.807, 2.05) is 0 Å². The van der Waals surface area contributed by atoms with Crippen LogP contribution in [0.3, 0.4) is 0 Å². The SMILES string of the molecule is O.O=C(O)C1C=CNCN1.